The number of hydrogen-bond acceptors (Lipinski definition) is 3. The second kappa shape index (κ2) is 7.44. The van der Waals surface area contributed by atoms with Crippen molar-refractivity contribution in [3.63, 3.8) is 0 Å². The van der Waals surface area contributed by atoms with Crippen LogP contribution >= 0.6 is 23.2 Å². The van der Waals surface area contributed by atoms with Crippen molar-refractivity contribution >= 4 is 40.5 Å². The van der Waals surface area contributed by atoms with Gasteiger partial charge in [-0.2, -0.15) is 0 Å². The van der Waals surface area contributed by atoms with Crippen LogP contribution < -0.4 is 5.32 Å². The number of anilines is 1. The highest BCUT2D eigenvalue weighted by atomic mass is 35.5. The van der Waals surface area contributed by atoms with Gasteiger partial charge in [0.15, 0.2) is 0 Å². The van der Waals surface area contributed by atoms with Crippen LogP contribution in [0.3, 0.4) is 0 Å². The number of carbonyl (C=O) groups is 1. The van der Waals surface area contributed by atoms with E-state index in [4.69, 9.17) is 23.2 Å². The first-order valence-electron chi connectivity index (χ1n) is 6.86. The summed E-state index contributed by atoms with van der Waals surface area (Å²) in [6, 6.07) is 9.79. The van der Waals surface area contributed by atoms with E-state index in [1.54, 1.807) is 37.3 Å². The van der Waals surface area contributed by atoms with E-state index in [0.29, 0.717) is 27.7 Å². The summed E-state index contributed by atoms with van der Waals surface area (Å²) >= 11 is 11.8. The summed E-state index contributed by atoms with van der Waals surface area (Å²) < 4.78 is 0. The summed E-state index contributed by atoms with van der Waals surface area (Å²) in [5.74, 6) is -0.223. The average Bonchev–Trinajstić information content (AvgIpc) is 2.50. The van der Waals surface area contributed by atoms with Crippen molar-refractivity contribution in [3.05, 3.63) is 67.7 Å². The third-order valence-corrected chi connectivity index (χ3v) is 4.14. The van der Waals surface area contributed by atoms with Crippen molar-refractivity contribution in [1.82, 2.24) is 0 Å². The predicted molar refractivity (Wildman–Crippen MR) is 91.2 cm³/mol. The number of nitrogens with zero attached hydrogens (tertiary/aromatic N) is 1. The molecule has 1 N–H and O–H groups in total. The fourth-order valence-corrected chi connectivity index (χ4v) is 2.44. The number of halogens is 2. The molecular formula is C16H14Cl2N2O3. The van der Waals surface area contributed by atoms with Crippen molar-refractivity contribution in [1.29, 1.82) is 0 Å². The zero-order valence-electron chi connectivity index (χ0n) is 12.3. The summed E-state index contributed by atoms with van der Waals surface area (Å²) in [5.41, 5.74) is 1.75. The normalized spacial score (nSPS) is 10.4. The van der Waals surface area contributed by atoms with Crippen LogP contribution in [0.5, 0.6) is 0 Å². The molecule has 120 valence electrons. The molecule has 1 amide bonds. The Morgan fingerprint density at radius 1 is 1.22 bits per heavy atom. The Morgan fingerprint density at radius 2 is 1.96 bits per heavy atom. The van der Waals surface area contributed by atoms with Crippen LogP contribution in [-0.2, 0) is 11.2 Å². The molecule has 0 saturated heterocycles. The fraction of sp³-hybridized carbons (Fsp3) is 0.188. The van der Waals surface area contributed by atoms with Crippen molar-refractivity contribution < 1.29 is 9.72 Å². The van der Waals surface area contributed by atoms with E-state index in [1.165, 1.54) is 6.07 Å². The second-order valence-electron chi connectivity index (χ2n) is 5.00. The summed E-state index contributed by atoms with van der Waals surface area (Å²) in [6.07, 6.45) is 0.733. The summed E-state index contributed by atoms with van der Waals surface area (Å²) in [5, 5.41) is 14.5. The molecule has 0 spiro atoms. The predicted octanol–water partition coefficient (Wildman–Crippen LogP) is 4.78. The van der Waals surface area contributed by atoms with Crippen LogP contribution in [-0.4, -0.2) is 10.8 Å². The van der Waals surface area contributed by atoms with Crippen LogP contribution in [0.15, 0.2) is 36.4 Å². The second-order valence-corrected chi connectivity index (χ2v) is 5.82. The standard InChI is InChI=1S/C16H14Cl2N2O3/c1-10-14(3-2-4-15(10)20(22)23)19-16(21)8-6-11-5-7-12(17)13(18)9-11/h2-5,7,9H,6,8H2,1H3,(H,19,21). The zero-order valence-corrected chi connectivity index (χ0v) is 13.8. The number of benzene rings is 2. The van der Waals surface area contributed by atoms with Gasteiger partial charge in [0.25, 0.3) is 5.69 Å². The van der Waals surface area contributed by atoms with Crippen LogP contribution in [0, 0.1) is 17.0 Å². The molecule has 7 heteroatoms. The molecule has 0 unspecified atom stereocenters. The molecule has 0 atom stereocenters. The summed E-state index contributed by atoms with van der Waals surface area (Å²) in [6.45, 7) is 1.60. The molecule has 0 radical (unpaired) electrons. The number of hydrogen-bond donors (Lipinski definition) is 1. The summed E-state index contributed by atoms with van der Waals surface area (Å²) in [4.78, 5) is 22.5. The van der Waals surface area contributed by atoms with Gasteiger partial charge in [0.2, 0.25) is 5.91 Å². The molecule has 0 aliphatic carbocycles. The summed E-state index contributed by atoms with van der Waals surface area (Å²) in [7, 11) is 0. The molecular weight excluding hydrogens is 339 g/mol. The molecule has 0 bridgehead atoms. The van der Waals surface area contributed by atoms with Gasteiger partial charge in [-0.25, -0.2) is 0 Å². The van der Waals surface area contributed by atoms with Gasteiger partial charge in [-0.1, -0.05) is 35.3 Å². The minimum absolute atomic E-state index is 0.0210. The highest BCUT2D eigenvalue weighted by Crippen LogP contribution is 2.26. The van der Waals surface area contributed by atoms with Gasteiger partial charge in [-0.3, -0.25) is 14.9 Å². The third-order valence-electron chi connectivity index (χ3n) is 3.40. The lowest BCUT2D eigenvalue weighted by atomic mass is 10.1. The molecule has 0 aliphatic rings. The smallest absolute Gasteiger partial charge is 0.274 e. The molecule has 23 heavy (non-hydrogen) atoms. The lowest BCUT2D eigenvalue weighted by molar-refractivity contribution is -0.385. The van der Waals surface area contributed by atoms with E-state index in [2.05, 4.69) is 5.32 Å². The van der Waals surface area contributed by atoms with Gasteiger partial charge in [-0.05, 0) is 37.1 Å². The van der Waals surface area contributed by atoms with Crippen LogP contribution in [0.4, 0.5) is 11.4 Å². The van der Waals surface area contributed by atoms with Gasteiger partial charge in [0.1, 0.15) is 0 Å². The maximum atomic E-state index is 12.0. The molecule has 0 aliphatic heterocycles. The number of nitro groups is 1. The highest BCUT2D eigenvalue weighted by Gasteiger charge is 2.14. The van der Waals surface area contributed by atoms with Crippen LogP contribution in [0.2, 0.25) is 10.0 Å². The monoisotopic (exact) mass is 352 g/mol. The molecule has 2 aromatic rings. The number of nitro benzene ring substituents is 1. The van der Waals surface area contributed by atoms with Gasteiger partial charge in [0, 0.05) is 12.5 Å². The maximum absolute atomic E-state index is 12.0. The van der Waals surface area contributed by atoms with E-state index in [1.807, 2.05) is 0 Å². The number of aryl methyl sites for hydroxylation is 1. The van der Waals surface area contributed by atoms with E-state index in [-0.39, 0.29) is 18.0 Å². The average molecular weight is 353 g/mol. The first kappa shape index (κ1) is 17.2. The van der Waals surface area contributed by atoms with Crippen molar-refractivity contribution in [2.75, 3.05) is 5.32 Å². The Kier molecular flexibility index (Phi) is 5.58. The third kappa shape index (κ3) is 4.43. The zero-order chi connectivity index (χ0) is 17.0. The lowest BCUT2D eigenvalue weighted by Gasteiger charge is -2.09. The maximum Gasteiger partial charge on any atom is 0.274 e. The molecule has 5 nitrogen and oxygen atoms in total. The SMILES string of the molecule is Cc1c(NC(=O)CCc2ccc(Cl)c(Cl)c2)cccc1[N+](=O)[O-]. The van der Waals surface area contributed by atoms with Crippen molar-refractivity contribution in [2.45, 2.75) is 19.8 Å². The highest BCUT2D eigenvalue weighted by molar-refractivity contribution is 6.42. The topological polar surface area (TPSA) is 72.2 Å². The molecule has 0 fully saturated rings. The van der Waals surface area contributed by atoms with Crippen LogP contribution in [0.25, 0.3) is 0 Å². The molecule has 0 aromatic heterocycles. The van der Waals surface area contributed by atoms with Gasteiger partial charge in [-0.15, -0.1) is 0 Å². The number of carbonyl (C=O) groups excluding carboxylic acids is 1. The van der Waals surface area contributed by atoms with Gasteiger partial charge < -0.3 is 5.32 Å². The first-order valence-corrected chi connectivity index (χ1v) is 7.62. The molecule has 0 heterocycles. The van der Waals surface area contributed by atoms with E-state index >= 15 is 0 Å². The minimum Gasteiger partial charge on any atom is -0.326 e. The number of nitrogens with one attached hydrogen (secondary N) is 1. The quantitative estimate of drug-likeness (QED) is 0.621. The van der Waals surface area contributed by atoms with E-state index < -0.39 is 4.92 Å². The molecule has 2 aromatic carbocycles. The Labute approximate surface area is 143 Å². The fourth-order valence-electron chi connectivity index (χ4n) is 2.12. The largest absolute Gasteiger partial charge is 0.326 e. The minimum atomic E-state index is -0.472. The molecule has 0 saturated carbocycles. The van der Waals surface area contributed by atoms with Crippen molar-refractivity contribution in [2.24, 2.45) is 0 Å². The van der Waals surface area contributed by atoms with E-state index in [0.717, 1.165) is 5.56 Å². The van der Waals surface area contributed by atoms with Crippen LogP contribution in [0.1, 0.15) is 17.5 Å². The Balaban J connectivity index is 2.01. The lowest BCUT2D eigenvalue weighted by Crippen LogP contribution is -2.13. The Hall–Kier alpha value is -2.11. The van der Waals surface area contributed by atoms with Gasteiger partial charge in [0.05, 0.1) is 26.2 Å². The van der Waals surface area contributed by atoms with Crippen molar-refractivity contribution in [3.8, 4) is 0 Å². The van der Waals surface area contributed by atoms with E-state index in [9.17, 15) is 14.9 Å². The Bertz CT molecular complexity index is 763. The van der Waals surface area contributed by atoms with Gasteiger partial charge >= 0.3 is 0 Å². The number of rotatable bonds is 5. The first-order chi connectivity index (χ1) is 10.9. The Morgan fingerprint density at radius 3 is 2.61 bits per heavy atom. The molecule has 2 rings (SSSR count). The number of amides is 1.